The highest BCUT2D eigenvalue weighted by molar-refractivity contribution is 9.10. The van der Waals surface area contributed by atoms with E-state index in [4.69, 9.17) is 4.74 Å². The van der Waals surface area contributed by atoms with Crippen LogP contribution in [0.25, 0.3) is 0 Å². The maximum absolute atomic E-state index is 12.3. The van der Waals surface area contributed by atoms with Crippen LogP contribution in [0.2, 0.25) is 0 Å². The average Bonchev–Trinajstić information content (AvgIpc) is 3.02. The van der Waals surface area contributed by atoms with E-state index in [-0.39, 0.29) is 24.2 Å². The van der Waals surface area contributed by atoms with E-state index in [0.29, 0.717) is 12.4 Å². The van der Waals surface area contributed by atoms with Crippen LogP contribution in [0.5, 0.6) is 5.88 Å². The molecule has 3 rings (SSSR count). The molecule has 1 aromatic heterocycles. The van der Waals surface area contributed by atoms with E-state index in [1.54, 1.807) is 11.0 Å². The fourth-order valence-electron chi connectivity index (χ4n) is 2.52. The van der Waals surface area contributed by atoms with Crippen molar-refractivity contribution in [3.8, 4) is 5.88 Å². The van der Waals surface area contributed by atoms with E-state index in [9.17, 15) is 9.59 Å². The minimum Gasteiger partial charge on any atom is -0.481 e. The zero-order valence-electron chi connectivity index (χ0n) is 13.4. The fraction of sp³-hybridized carbons (Fsp3) is 0.250. The largest absolute Gasteiger partial charge is 0.481 e. The molecule has 2 amide bonds. The smallest absolute Gasteiger partial charge is 0.245 e. The van der Waals surface area contributed by atoms with Crippen molar-refractivity contribution >= 4 is 39.4 Å². The Bertz CT molecular complexity index is 801. The number of aromatic nitrogens is 2. The predicted octanol–water partition coefficient (Wildman–Crippen LogP) is 1.74. The lowest BCUT2D eigenvalue weighted by Crippen LogP contribution is -2.37. The minimum absolute atomic E-state index is 0.0929. The van der Waals surface area contributed by atoms with Gasteiger partial charge in [-0.05, 0) is 28.1 Å². The summed E-state index contributed by atoms with van der Waals surface area (Å²) in [7, 11) is 1.49. The highest BCUT2D eigenvalue weighted by Crippen LogP contribution is 2.31. The van der Waals surface area contributed by atoms with E-state index in [1.165, 1.54) is 13.3 Å². The number of para-hydroxylation sites is 1. The second-order valence-corrected chi connectivity index (χ2v) is 6.25. The first-order valence-electron chi connectivity index (χ1n) is 7.56. The van der Waals surface area contributed by atoms with Crippen LogP contribution in [0, 0.1) is 5.92 Å². The quantitative estimate of drug-likeness (QED) is 0.735. The molecule has 1 aliphatic rings. The standard InChI is InChI=1S/C16H16BrN5O3/c1-25-13-6-7-18-16(19-13)21-20-15(24)10-8-14(23)22(9-10)12-5-3-2-4-11(12)17/h2-7,10H,8-9H2,1H3,(H,20,24)(H,18,19,21)/t10-/m1/s1. The number of methoxy groups -OCH3 is 1. The normalized spacial score (nSPS) is 16.6. The molecule has 1 fully saturated rings. The summed E-state index contributed by atoms with van der Waals surface area (Å²) < 4.78 is 5.80. The van der Waals surface area contributed by atoms with Crippen LogP contribution < -0.4 is 20.5 Å². The van der Waals surface area contributed by atoms with Gasteiger partial charge in [0, 0.05) is 29.7 Å². The molecule has 25 heavy (non-hydrogen) atoms. The zero-order chi connectivity index (χ0) is 17.8. The van der Waals surface area contributed by atoms with E-state index in [2.05, 4.69) is 36.7 Å². The Balaban J connectivity index is 1.62. The lowest BCUT2D eigenvalue weighted by Gasteiger charge is -2.18. The summed E-state index contributed by atoms with van der Waals surface area (Å²) in [5, 5.41) is 0. The van der Waals surface area contributed by atoms with Crippen molar-refractivity contribution in [2.75, 3.05) is 24.0 Å². The molecule has 8 nitrogen and oxygen atoms in total. The number of hydrogen-bond acceptors (Lipinski definition) is 6. The third-order valence-corrected chi connectivity index (χ3v) is 4.45. The molecule has 130 valence electrons. The molecular formula is C16H16BrN5O3. The van der Waals surface area contributed by atoms with Crippen LogP contribution >= 0.6 is 15.9 Å². The van der Waals surface area contributed by atoms with Crippen LogP contribution in [0.1, 0.15) is 6.42 Å². The summed E-state index contributed by atoms with van der Waals surface area (Å²) in [6.07, 6.45) is 1.65. The average molecular weight is 406 g/mol. The van der Waals surface area contributed by atoms with Crippen LogP contribution in [0.3, 0.4) is 0 Å². The first-order chi connectivity index (χ1) is 12.1. The summed E-state index contributed by atoms with van der Waals surface area (Å²) in [6.45, 7) is 0.313. The highest BCUT2D eigenvalue weighted by Gasteiger charge is 2.35. The maximum atomic E-state index is 12.3. The Labute approximate surface area is 152 Å². The maximum Gasteiger partial charge on any atom is 0.245 e. The molecule has 1 aliphatic heterocycles. The van der Waals surface area contributed by atoms with Crippen LogP contribution in [0.4, 0.5) is 11.6 Å². The number of carbonyl (C=O) groups is 2. The number of carbonyl (C=O) groups excluding carboxylic acids is 2. The molecule has 1 atom stereocenters. The SMILES string of the molecule is COc1ccnc(NNC(=O)[C@@H]2CC(=O)N(c3ccccc3Br)C2)n1. The monoisotopic (exact) mass is 405 g/mol. The second kappa shape index (κ2) is 7.47. The van der Waals surface area contributed by atoms with Crippen molar-refractivity contribution in [2.45, 2.75) is 6.42 Å². The molecule has 0 radical (unpaired) electrons. The zero-order valence-corrected chi connectivity index (χ0v) is 15.0. The van der Waals surface area contributed by atoms with Gasteiger partial charge in [-0.3, -0.25) is 20.4 Å². The van der Waals surface area contributed by atoms with Crippen molar-refractivity contribution in [1.29, 1.82) is 0 Å². The van der Waals surface area contributed by atoms with Gasteiger partial charge in [-0.15, -0.1) is 0 Å². The summed E-state index contributed by atoms with van der Waals surface area (Å²) in [5.74, 6) is -0.265. The first kappa shape index (κ1) is 17.2. The third-order valence-electron chi connectivity index (χ3n) is 3.78. The van der Waals surface area contributed by atoms with Gasteiger partial charge in [-0.2, -0.15) is 4.98 Å². The molecule has 0 saturated carbocycles. The van der Waals surface area contributed by atoms with Gasteiger partial charge in [0.15, 0.2) is 0 Å². The van der Waals surface area contributed by atoms with Gasteiger partial charge >= 0.3 is 0 Å². The summed E-state index contributed by atoms with van der Waals surface area (Å²) in [5.41, 5.74) is 5.93. The number of ether oxygens (including phenoxy) is 1. The van der Waals surface area contributed by atoms with Crippen LogP contribution in [-0.2, 0) is 9.59 Å². The fourth-order valence-corrected chi connectivity index (χ4v) is 3.02. The number of amides is 2. The summed E-state index contributed by atoms with van der Waals surface area (Å²) in [4.78, 5) is 34.2. The number of rotatable bonds is 5. The third kappa shape index (κ3) is 3.87. The Morgan fingerprint density at radius 2 is 2.16 bits per heavy atom. The van der Waals surface area contributed by atoms with Gasteiger partial charge in [-0.1, -0.05) is 12.1 Å². The van der Waals surface area contributed by atoms with E-state index >= 15 is 0 Å². The van der Waals surface area contributed by atoms with E-state index in [0.717, 1.165) is 10.2 Å². The molecule has 1 saturated heterocycles. The van der Waals surface area contributed by atoms with Crippen LogP contribution in [0.15, 0.2) is 41.0 Å². The number of hydrazine groups is 1. The molecule has 0 bridgehead atoms. The second-order valence-electron chi connectivity index (χ2n) is 5.39. The molecule has 9 heteroatoms. The minimum atomic E-state index is -0.460. The highest BCUT2D eigenvalue weighted by atomic mass is 79.9. The van der Waals surface area contributed by atoms with Crippen LogP contribution in [-0.4, -0.2) is 35.4 Å². The Kier molecular flexibility index (Phi) is 5.13. The summed E-state index contributed by atoms with van der Waals surface area (Å²) in [6, 6.07) is 9.01. The molecule has 2 N–H and O–H groups in total. The first-order valence-corrected chi connectivity index (χ1v) is 8.35. The molecule has 2 aromatic rings. The Hall–Kier alpha value is -2.68. The van der Waals surface area contributed by atoms with Crippen molar-refractivity contribution < 1.29 is 14.3 Å². The van der Waals surface area contributed by atoms with Gasteiger partial charge in [0.2, 0.25) is 23.6 Å². The van der Waals surface area contributed by atoms with E-state index in [1.807, 2.05) is 24.3 Å². The molecule has 1 aromatic carbocycles. The number of nitrogens with zero attached hydrogens (tertiary/aromatic N) is 3. The topological polar surface area (TPSA) is 96.4 Å². The van der Waals surface area contributed by atoms with E-state index < -0.39 is 5.92 Å². The Morgan fingerprint density at radius 3 is 2.92 bits per heavy atom. The molecule has 2 heterocycles. The van der Waals surface area contributed by atoms with Crippen molar-refractivity contribution in [1.82, 2.24) is 15.4 Å². The Morgan fingerprint density at radius 1 is 1.36 bits per heavy atom. The number of hydrogen-bond donors (Lipinski definition) is 2. The van der Waals surface area contributed by atoms with Crippen molar-refractivity contribution in [3.63, 3.8) is 0 Å². The molecule has 0 unspecified atom stereocenters. The number of anilines is 2. The number of nitrogens with one attached hydrogen (secondary N) is 2. The lowest BCUT2D eigenvalue weighted by molar-refractivity contribution is -0.125. The molecule has 0 spiro atoms. The predicted molar refractivity (Wildman–Crippen MR) is 95.0 cm³/mol. The lowest BCUT2D eigenvalue weighted by atomic mass is 10.1. The summed E-state index contributed by atoms with van der Waals surface area (Å²) >= 11 is 3.43. The molecular weight excluding hydrogens is 390 g/mol. The van der Waals surface area contributed by atoms with Crippen molar-refractivity contribution in [2.24, 2.45) is 5.92 Å². The van der Waals surface area contributed by atoms with Gasteiger partial charge < -0.3 is 9.64 Å². The molecule has 0 aliphatic carbocycles. The van der Waals surface area contributed by atoms with Gasteiger partial charge in [0.1, 0.15) is 0 Å². The van der Waals surface area contributed by atoms with Gasteiger partial charge in [0.05, 0.1) is 18.7 Å². The van der Waals surface area contributed by atoms with Crippen molar-refractivity contribution in [3.05, 3.63) is 41.0 Å². The number of halogens is 1. The van der Waals surface area contributed by atoms with Gasteiger partial charge in [0.25, 0.3) is 0 Å². The van der Waals surface area contributed by atoms with Gasteiger partial charge in [-0.25, -0.2) is 4.98 Å². The number of benzene rings is 1.